The summed E-state index contributed by atoms with van der Waals surface area (Å²) in [5.41, 5.74) is 0. The van der Waals surface area contributed by atoms with Gasteiger partial charge in [-0.1, -0.05) is 25.4 Å². The van der Waals surface area contributed by atoms with Crippen molar-refractivity contribution in [1.82, 2.24) is 9.97 Å². The first-order valence-electron chi connectivity index (χ1n) is 5.07. The molecule has 0 amide bonds. The molecule has 2 aromatic heterocycles. The number of nitrogens with zero attached hydrogens (tertiary/aromatic N) is 2. The molecular formula is C11H13ClN2OS. The van der Waals surface area contributed by atoms with Gasteiger partial charge >= 0.3 is 0 Å². The predicted octanol–water partition coefficient (Wildman–Crippen LogP) is 3.69. The molecule has 0 radical (unpaired) electrons. The Kier molecular flexibility index (Phi) is 3.42. The van der Waals surface area contributed by atoms with E-state index in [1.807, 2.05) is 11.4 Å². The van der Waals surface area contributed by atoms with E-state index < -0.39 is 0 Å². The lowest BCUT2D eigenvalue weighted by molar-refractivity contribution is 0.0578. The lowest BCUT2D eigenvalue weighted by Crippen LogP contribution is -2.12. The number of fused-ring (bicyclic) bond motifs is 1. The van der Waals surface area contributed by atoms with E-state index in [2.05, 4.69) is 23.8 Å². The number of thiophene rings is 1. The predicted molar refractivity (Wildman–Crippen MR) is 67.0 cm³/mol. The van der Waals surface area contributed by atoms with E-state index >= 15 is 0 Å². The number of hydrogen-bond acceptors (Lipinski definition) is 4. The van der Waals surface area contributed by atoms with Gasteiger partial charge in [-0.3, -0.25) is 0 Å². The highest BCUT2D eigenvalue weighted by Crippen LogP contribution is 2.29. The monoisotopic (exact) mass is 256 g/mol. The second-order valence-electron chi connectivity index (χ2n) is 3.91. The van der Waals surface area contributed by atoms with Gasteiger partial charge in [-0.15, -0.1) is 11.3 Å². The fourth-order valence-electron chi connectivity index (χ4n) is 1.64. The number of aromatic nitrogens is 2. The summed E-state index contributed by atoms with van der Waals surface area (Å²) >= 11 is 7.67. The number of halogens is 1. The Balaban J connectivity index is 2.52. The second-order valence-corrected chi connectivity index (χ2v) is 5.16. The van der Waals surface area contributed by atoms with Crippen molar-refractivity contribution in [1.29, 1.82) is 0 Å². The molecule has 5 heteroatoms. The maximum atomic E-state index is 6.11. The lowest BCUT2D eigenvalue weighted by atomic mass is 10.1. The van der Waals surface area contributed by atoms with Crippen molar-refractivity contribution in [2.75, 3.05) is 7.11 Å². The van der Waals surface area contributed by atoms with E-state index in [-0.39, 0.29) is 6.10 Å². The van der Waals surface area contributed by atoms with Gasteiger partial charge in [-0.2, -0.15) is 0 Å². The summed E-state index contributed by atoms with van der Waals surface area (Å²) in [4.78, 5) is 9.70. The van der Waals surface area contributed by atoms with E-state index in [0.717, 1.165) is 10.2 Å². The Bertz CT molecular complexity index is 498. The van der Waals surface area contributed by atoms with E-state index in [0.29, 0.717) is 16.9 Å². The number of rotatable bonds is 3. The van der Waals surface area contributed by atoms with Gasteiger partial charge in [0.25, 0.3) is 0 Å². The molecule has 16 heavy (non-hydrogen) atoms. The first-order valence-corrected chi connectivity index (χ1v) is 6.32. The maximum absolute atomic E-state index is 6.11. The van der Waals surface area contributed by atoms with Gasteiger partial charge in [-0.05, 0) is 17.4 Å². The molecule has 0 N–H and O–H groups in total. The van der Waals surface area contributed by atoms with Crippen LogP contribution < -0.4 is 0 Å². The molecule has 3 nitrogen and oxygen atoms in total. The topological polar surface area (TPSA) is 35.0 Å². The average Bonchev–Trinajstić information content (AvgIpc) is 2.66. The van der Waals surface area contributed by atoms with Crippen molar-refractivity contribution in [3.05, 3.63) is 22.4 Å². The zero-order chi connectivity index (χ0) is 11.7. The second kappa shape index (κ2) is 4.65. The molecule has 2 aromatic rings. The Morgan fingerprint density at radius 2 is 2.12 bits per heavy atom. The summed E-state index contributed by atoms with van der Waals surface area (Å²) in [5.74, 6) is 0.982. The van der Waals surface area contributed by atoms with Crippen LogP contribution in [0.1, 0.15) is 25.8 Å². The number of ether oxygens (including phenoxy) is 1. The molecule has 0 aliphatic rings. The van der Waals surface area contributed by atoms with E-state index in [4.69, 9.17) is 16.3 Å². The van der Waals surface area contributed by atoms with Crippen LogP contribution in [0.4, 0.5) is 0 Å². The molecule has 0 aliphatic carbocycles. The molecule has 0 aromatic carbocycles. The molecule has 2 rings (SSSR count). The molecule has 1 unspecified atom stereocenters. The average molecular weight is 257 g/mol. The zero-order valence-corrected chi connectivity index (χ0v) is 11.0. The van der Waals surface area contributed by atoms with Gasteiger partial charge in [0.15, 0.2) is 5.82 Å². The van der Waals surface area contributed by atoms with E-state index in [1.165, 1.54) is 0 Å². The van der Waals surface area contributed by atoms with Crippen LogP contribution in [0.3, 0.4) is 0 Å². The SMILES string of the molecule is COC(c1nc(Cl)c2ccsc2n1)C(C)C. The Hall–Kier alpha value is -0.710. The fraction of sp³-hybridized carbons (Fsp3) is 0.455. The molecular weight excluding hydrogens is 244 g/mol. The van der Waals surface area contributed by atoms with Crippen LogP contribution in [0.2, 0.25) is 5.15 Å². The van der Waals surface area contributed by atoms with Gasteiger partial charge in [0.05, 0.1) is 0 Å². The largest absolute Gasteiger partial charge is 0.373 e. The molecule has 0 aliphatic heterocycles. The van der Waals surface area contributed by atoms with Crippen LogP contribution in [0, 0.1) is 5.92 Å². The molecule has 86 valence electrons. The fourth-order valence-corrected chi connectivity index (χ4v) is 2.70. The zero-order valence-electron chi connectivity index (χ0n) is 9.40. The van der Waals surface area contributed by atoms with Crippen molar-refractivity contribution in [2.45, 2.75) is 20.0 Å². The number of methoxy groups -OCH3 is 1. The Labute approximate surface area is 103 Å². The standard InChI is InChI=1S/C11H13ClN2OS/c1-6(2)8(15-3)10-13-9(12)7-4-5-16-11(7)14-10/h4-6,8H,1-3H3. The van der Waals surface area contributed by atoms with Gasteiger partial charge in [0.1, 0.15) is 16.1 Å². The minimum Gasteiger partial charge on any atom is -0.373 e. The Morgan fingerprint density at radius 3 is 2.75 bits per heavy atom. The van der Waals surface area contributed by atoms with Crippen molar-refractivity contribution in [2.24, 2.45) is 5.92 Å². The first kappa shape index (κ1) is 11.8. The van der Waals surface area contributed by atoms with Gasteiger partial charge in [0, 0.05) is 12.5 Å². The molecule has 2 heterocycles. The third-order valence-corrected chi connectivity index (χ3v) is 3.50. The Morgan fingerprint density at radius 1 is 1.38 bits per heavy atom. The van der Waals surface area contributed by atoms with E-state index in [9.17, 15) is 0 Å². The summed E-state index contributed by atoms with van der Waals surface area (Å²) in [6, 6.07) is 1.93. The highest BCUT2D eigenvalue weighted by molar-refractivity contribution is 7.16. The highest BCUT2D eigenvalue weighted by atomic mass is 35.5. The lowest BCUT2D eigenvalue weighted by Gasteiger charge is -2.17. The molecule has 0 spiro atoms. The third kappa shape index (κ3) is 2.05. The van der Waals surface area contributed by atoms with Crippen LogP contribution in [-0.2, 0) is 4.74 Å². The summed E-state index contributed by atoms with van der Waals surface area (Å²) in [5, 5.41) is 3.38. The minimum atomic E-state index is -0.107. The normalized spacial score (nSPS) is 13.6. The summed E-state index contributed by atoms with van der Waals surface area (Å²) in [6.07, 6.45) is -0.107. The third-order valence-electron chi connectivity index (χ3n) is 2.41. The maximum Gasteiger partial charge on any atom is 0.160 e. The smallest absolute Gasteiger partial charge is 0.160 e. The molecule has 0 bridgehead atoms. The quantitative estimate of drug-likeness (QED) is 0.786. The first-order chi connectivity index (χ1) is 7.63. The van der Waals surface area contributed by atoms with Crippen LogP contribution in [-0.4, -0.2) is 17.1 Å². The van der Waals surface area contributed by atoms with Gasteiger partial charge < -0.3 is 4.74 Å². The van der Waals surface area contributed by atoms with Crippen molar-refractivity contribution < 1.29 is 4.74 Å². The molecule has 1 atom stereocenters. The van der Waals surface area contributed by atoms with Crippen LogP contribution in [0.25, 0.3) is 10.2 Å². The van der Waals surface area contributed by atoms with Crippen LogP contribution >= 0.6 is 22.9 Å². The van der Waals surface area contributed by atoms with E-state index in [1.54, 1.807) is 18.4 Å². The van der Waals surface area contributed by atoms with Crippen molar-refractivity contribution in [3.63, 3.8) is 0 Å². The summed E-state index contributed by atoms with van der Waals surface area (Å²) in [6.45, 7) is 4.15. The van der Waals surface area contributed by atoms with Crippen molar-refractivity contribution >= 4 is 33.2 Å². The van der Waals surface area contributed by atoms with Gasteiger partial charge in [0.2, 0.25) is 0 Å². The molecule has 0 fully saturated rings. The summed E-state index contributed by atoms with van der Waals surface area (Å²) in [7, 11) is 1.67. The van der Waals surface area contributed by atoms with Crippen LogP contribution in [0.5, 0.6) is 0 Å². The minimum absolute atomic E-state index is 0.107. The molecule has 0 saturated carbocycles. The van der Waals surface area contributed by atoms with Crippen LogP contribution in [0.15, 0.2) is 11.4 Å². The summed E-state index contributed by atoms with van der Waals surface area (Å²) < 4.78 is 5.40. The number of hydrogen-bond donors (Lipinski definition) is 0. The van der Waals surface area contributed by atoms with Crippen molar-refractivity contribution in [3.8, 4) is 0 Å². The molecule has 0 saturated heterocycles. The highest BCUT2D eigenvalue weighted by Gasteiger charge is 2.20. The van der Waals surface area contributed by atoms with Gasteiger partial charge in [-0.25, -0.2) is 9.97 Å².